The van der Waals surface area contributed by atoms with Crippen molar-refractivity contribution in [3.05, 3.63) is 48.7 Å². The quantitative estimate of drug-likeness (QED) is 0.791. The van der Waals surface area contributed by atoms with Crippen LogP contribution in [0.5, 0.6) is 17.4 Å². The standard InChI is InChI=1S/C18H20N2O5/c1-13(18(22)23)11-20(2)17(21)12-24-14-6-8-15(9-7-14)25-16-5-3-4-10-19-16/h3-10,13H,11-12H2,1-2H3,(H,22,23). The van der Waals surface area contributed by atoms with E-state index >= 15 is 0 Å². The molecule has 7 nitrogen and oxygen atoms in total. The molecule has 0 aliphatic heterocycles. The molecule has 132 valence electrons. The number of likely N-dealkylation sites (N-methyl/N-ethyl adjacent to an activating group) is 1. The fourth-order valence-electron chi connectivity index (χ4n) is 1.98. The number of rotatable bonds is 8. The Morgan fingerprint density at radius 2 is 1.84 bits per heavy atom. The summed E-state index contributed by atoms with van der Waals surface area (Å²) in [4.78, 5) is 28.2. The number of ether oxygens (including phenoxy) is 2. The summed E-state index contributed by atoms with van der Waals surface area (Å²) in [6.07, 6.45) is 1.64. The normalized spacial score (nSPS) is 11.4. The van der Waals surface area contributed by atoms with Crippen molar-refractivity contribution in [3.8, 4) is 17.4 Å². The highest BCUT2D eigenvalue weighted by molar-refractivity contribution is 5.78. The Kier molecular flexibility index (Phi) is 6.33. The lowest BCUT2D eigenvalue weighted by molar-refractivity contribution is -0.143. The zero-order valence-corrected chi connectivity index (χ0v) is 14.1. The van der Waals surface area contributed by atoms with E-state index < -0.39 is 11.9 Å². The van der Waals surface area contributed by atoms with E-state index in [0.717, 1.165) is 0 Å². The maximum Gasteiger partial charge on any atom is 0.308 e. The topological polar surface area (TPSA) is 89.0 Å². The predicted octanol–water partition coefficient (Wildman–Crippen LogP) is 2.43. The summed E-state index contributed by atoms with van der Waals surface area (Å²) in [7, 11) is 1.55. The molecule has 1 heterocycles. The van der Waals surface area contributed by atoms with Crippen LogP contribution in [-0.4, -0.2) is 47.1 Å². The van der Waals surface area contributed by atoms with Crippen molar-refractivity contribution < 1.29 is 24.2 Å². The summed E-state index contributed by atoms with van der Waals surface area (Å²) in [5.41, 5.74) is 0. The van der Waals surface area contributed by atoms with Crippen molar-refractivity contribution in [3.63, 3.8) is 0 Å². The molecular weight excluding hydrogens is 324 g/mol. The van der Waals surface area contributed by atoms with Crippen LogP contribution in [0.1, 0.15) is 6.92 Å². The van der Waals surface area contributed by atoms with E-state index in [1.807, 2.05) is 6.07 Å². The van der Waals surface area contributed by atoms with Crippen molar-refractivity contribution in [2.45, 2.75) is 6.92 Å². The van der Waals surface area contributed by atoms with Crippen molar-refractivity contribution in [1.82, 2.24) is 9.88 Å². The Bertz CT molecular complexity index is 703. The molecule has 1 unspecified atom stereocenters. The summed E-state index contributed by atoms with van der Waals surface area (Å²) in [5, 5.41) is 8.87. The van der Waals surface area contributed by atoms with Crippen LogP contribution in [0.3, 0.4) is 0 Å². The second kappa shape index (κ2) is 8.68. The molecule has 0 saturated heterocycles. The Morgan fingerprint density at radius 1 is 1.16 bits per heavy atom. The van der Waals surface area contributed by atoms with Gasteiger partial charge in [-0.25, -0.2) is 4.98 Å². The van der Waals surface area contributed by atoms with E-state index in [9.17, 15) is 9.59 Å². The van der Waals surface area contributed by atoms with E-state index in [0.29, 0.717) is 17.4 Å². The number of amides is 1. The smallest absolute Gasteiger partial charge is 0.308 e. The van der Waals surface area contributed by atoms with Gasteiger partial charge in [-0.1, -0.05) is 13.0 Å². The Balaban J connectivity index is 1.83. The number of carboxylic acids is 1. The van der Waals surface area contributed by atoms with Gasteiger partial charge in [0, 0.05) is 25.9 Å². The van der Waals surface area contributed by atoms with Gasteiger partial charge in [-0.15, -0.1) is 0 Å². The molecule has 0 radical (unpaired) electrons. The molecule has 1 atom stereocenters. The summed E-state index contributed by atoms with van der Waals surface area (Å²) in [6.45, 7) is 1.52. The minimum atomic E-state index is -0.941. The fraction of sp³-hybridized carbons (Fsp3) is 0.278. The number of carbonyl (C=O) groups is 2. The SMILES string of the molecule is CC(CN(C)C(=O)COc1ccc(Oc2ccccn2)cc1)C(=O)O. The number of benzene rings is 1. The first kappa shape index (κ1) is 18.3. The van der Waals surface area contributed by atoms with Crippen LogP contribution in [-0.2, 0) is 9.59 Å². The molecule has 0 bridgehead atoms. The minimum Gasteiger partial charge on any atom is -0.484 e. The van der Waals surface area contributed by atoms with Crippen molar-refractivity contribution in [2.75, 3.05) is 20.2 Å². The summed E-state index contributed by atoms with van der Waals surface area (Å²) >= 11 is 0. The van der Waals surface area contributed by atoms with E-state index in [-0.39, 0.29) is 19.1 Å². The van der Waals surface area contributed by atoms with E-state index in [1.54, 1.807) is 56.6 Å². The molecule has 0 aliphatic carbocycles. The average molecular weight is 344 g/mol. The number of hydrogen-bond acceptors (Lipinski definition) is 5. The van der Waals surface area contributed by atoms with Crippen LogP contribution < -0.4 is 9.47 Å². The van der Waals surface area contributed by atoms with Gasteiger partial charge in [0.1, 0.15) is 11.5 Å². The lowest BCUT2D eigenvalue weighted by atomic mass is 10.2. The van der Waals surface area contributed by atoms with Crippen LogP contribution in [0.4, 0.5) is 0 Å². The Labute approximate surface area is 145 Å². The maximum atomic E-state index is 12.0. The first-order valence-electron chi connectivity index (χ1n) is 7.74. The lowest BCUT2D eigenvalue weighted by Gasteiger charge is -2.19. The molecule has 1 N–H and O–H groups in total. The molecule has 0 spiro atoms. The summed E-state index contributed by atoms with van der Waals surface area (Å²) in [5.74, 6) is -0.255. The van der Waals surface area contributed by atoms with Gasteiger partial charge in [0.05, 0.1) is 5.92 Å². The number of aromatic nitrogens is 1. The average Bonchev–Trinajstić information content (AvgIpc) is 2.61. The minimum absolute atomic E-state index is 0.133. The van der Waals surface area contributed by atoms with E-state index in [4.69, 9.17) is 14.6 Å². The number of carboxylic acid groups (broad SMARTS) is 1. The predicted molar refractivity (Wildman–Crippen MR) is 90.7 cm³/mol. The molecular formula is C18H20N2O5. The van der Waals surface area contributed by atoms with Crippen molar-refractivity contribution >= 4 is 11.9 Å². The van der Waals surface area contributed by atoms with Crippen molar-refractivity contribution in [1.29, 1.82) is 0 Å². The zero-order valence-electron chi connectivity index (χ0n) is 14.1. The van der Waals surface area contributed by atoms with Gasteiger partial charge in [0.15, 0.2) is 6.61 Å². The Morgan fingerprint density at radius 3 is 2.44 bits per heavy atom. The van der Waals surface area contributed by atoms with Gasteiger partial charge in [-0.2, -0.15) is 0 Å². The third-order valence-electron chi connectivity index (χ3n) is 3.44. The first-order valence-corrected chi connectivity index (χ1v) is 7.74. The van der Waals surface area contributed by atoms with Crippen molar-refractivity contribution in [2.24, 2.45) is 5.92 Å². The van der Waals surface area contributed by atoms with Crippen LogP contribution in [0.2, 0.25) is 0 Å². The number of hydrogen-bond donors (Lipinski definition) is 1. The number of nitrogens with zero attached hydrogens (tertiary/aromatic N) is 2. The van der Waals surface area contributed by atoms with Crippen LogP contribution in [0, 0.1) is 5.92 Å². The zero-order chi connectivity index (χ0) is 18.2. The maximum absolute atomic E-state index is 12.0. The van der Waals surface area contributed by atoms with Crippen LogP contribution in [0.15, 0.2) is 48.7 Å². The van der Waals surface area contributed by atoms with Gasteiger partial charge in [0.2, 0.25) is 5.88 Å². The van der Waals surface area contributed by atoms with Gasteiger partial charge >= 0.3 is 5.97 Å². The second-order valence-electron chi connectivity index (χ2n) is 5.54. The monoisotopic (exact) mass is 344 g/mol. The third kappa shape index (κ3) is 5.80. The second-order valence-corrected chi connectivity index (χ2v) is 5.54. The molecule has 1 aromatic heterocycles. The van der Waals surface area contributed by atoms with Gasteiger partial charge in [-0.3, -0.25) is 9.59 Å². The highest BCUT2D eigenvalue weighted by Gasteiger charge is 2.17. The van der Waals surface area contributed by atoms with Gasteiger partial charge in [-0.05, 0) is 30.3 Å². The first-order chi connectivity index (χ1) is 12.0. The molecule has 0 aliphatic rings. The highest BCUT2D eigenvalue weighted by Crippen LogP contribution is 2.22. The molecule has 2 rings (SSSR count). The molecule has 2 aromatic rings. The fourth-order valence-corrected chi connectivity index (χ4v) is 1.98. The number of pyridine rings is 1. The summed E-state index contributed by atoms with van der Waals surface area (Å²) in [6, 6.07) is 12.2. The van der Waals surface area contributed by atoms with E-state index in [1.165, 1.54) is 4.90 Å². The molecule has 1 amide bonds. The number of carbonyl (C=O) groups excluding carboxylic acids is 1. The molecule has 25 heavy (non-hydrogen) atoms. The lowest BCUT2D eigenvalue weighted by Crippen LogP contribution is -2.36. The summed E-state index contributed by atoms with van der Waals surface area (Å²) < 4.78 is 11.0. The highest BCUT2D eigenvalue weighted by atomic mass is 16.5. The Hall–Kier alpha value is -3.09. The van der Waals surface area contributed by atoms with Gasteiger partial charge in [0.25, 0.3) is 5.91 Å². The van der Waals surface area contributed by atoms with Crippen LogP contribution >= 0.6 is 0 Å². The molecule has 0 fully saturated rings. The third-order valence-corrected chi connectivity index (χ3v) is 3.44. The molecule has 0 saturated carbocycles. The molecule has 1 aromatic carbocycles. The van der Waals surface area contributed by atoms with Gasteiger partial charge < -0.3 is 19.5 Å². The molecule has 7 heteroatoms. The van der Waals surface area contributed by atoms with Crippen LogP contribution in [0.25, 0.3) is 0 Å². The number of aliphatic carboxylic acids is 1. The largest absolute Gasteiger partial charge is 0.484 e. The van der Waals surface area contributed by atoms with E-state index in [2.05, 4.69) is 4.98 Å².